The van der Waals surface area contributed by atoms with Crippen molar-refractivity contribution in [1.29, 1.82) is 0 Å². The van der Waals surface area contributed by atoms with E-state index >= 15 is 0 Å². The molecule has 13 heavy (non-hydrogen) atoms. The van der Waals surface area contributed by atoms with E-state index in [1.54, 1.807) is 0 Å². The maximum atomic E-state index is 10.4. The second-order valence-electron chi connectivity index (χ2n) is 2.79. The molecule has 2 rings (SSSR count). The number of H-pyrrole nitrogens is 2. The topological polar surface area (TPSA) is 48.6 Å². The average molecular weight is 192 g/mol. The number of hydrogen-bond donors (Lipinski definition) is 2. The van der Waals surface area contributed by atoms with Gasteiger partial charge in [-0.3, -0.25) is 0 Å². The van der Waals surface area contributed by atoms with E-state index in [9.17, 15) is 4.79 Å². The van der Waals surface area contributed by atoms with Crippen LogP contribution < -0.4 is 0 Å². The number of aromatic nitrogens is 2. The molecular weight excluding hydrogens is 184 g/mol. The van der Waals surface area contributed by atoms with Crippen LogP contribution in [0.5, 0.6) is 0 Å². The summed E-state index contributed by atoms with van der Waals surface area (Å²) in [4.78, 5) is 16.4. The predicted octanol–water partition coefficient (Wildman–Crippen LogP) is 1.97. The molecule has 0 aliphatic rings. The van der Waals surface area contributed by atoms with Crippen molar-refractivity contribution in [1.82, 2.24) is 9.97 Å². The average Bonchev–Trinajstić information content (AvgIpc) is 2.47. The highest BCUT2D eigenvalue weighted by Gasteiger charge is 2.01. The van der Waals surface area contributed by atoms with Crippen LogP contribution in [0.15, 0.2) is 18.2 Å². The normalized spacial score (nSPS) is 10.5. The number of para-hydroxylation sites is 1. The number of hydrogen-bond acceptors (Lipinski definition) is 2. The van der Waals surface area contributed by atoms with Crippen LogP contribution in [-0.2, 0) is 11.2 Å². The van der Waals surface area contributed by atoms with Crippen LogP contribution in [0.25, 0.3) is 11.0 Å². The molecule has 4 heteroatoms. The highest BCUT2D eigenvalue weighted by Crippen LogP contribution is 2.14. The highest BCUT2D eigenvalue weighted by molar-refractivity contribution is 7.71. The monoisotopic (exact) mass is 192 g/mol. The number of rotatable bonds is 2. The fraction of sp³-hybridized carbons (Fsp3) is 0.111. The number of nitrogens with one attached hydrogen (secondary N) is 2. The standard InChI is InChI=1S/C9H8N2OS/c12-5-4-6-2-1-3-7-8(6)11-9(13)10-7/h1-3,5H,4H2,(H2,10,11,13). The van der Waals surface area contributed by atoms with Crippen molar-refractivity contribution in [3.8, 4) is 0 Å². The van der Waals surface area contributed by atoms with E-state index in [0.717, 1.165) is 22.9 Å². The van der Waals surface area contributed by atoms with Crippen LogP contribution in [-0.4, -0.2) is 16.3 Å². The van der Waals surface area contributed by atoms with Gasteiger partial charge in [-0.1, -0.05) is 12.1 Å². The molecule has 0 bridgehead atoms. The molecule has 2 aromatic rings. The number of aromatic amines is 2. The molecule has 0 unspecified atom stereocenters. The molecule has 0 aliphatic heterocycles. The van der Waals surface area contributed by atoms with Gasteiger partial charge >= 0.3 is 0 Å². The summed E-state index contributed by atoms with van der Waals surface area (Å²) in [6.07, 6.45) is 1.30. The first-order valence-corrected chi connectivity index (χ1v) is 4.35. The third kappa shape index (κ3) is 1.40. The van der Waals surface area contributed by atoms with Crippen molar-refractivity contribution in [2.45, 2.75) is 6.42 Å². The van der Waals surface area contributed by atoms with Gasteiger partial charge in [0.25, 0.3) is 0 Å². The molecule has 0 saturated heterocycles. The molecule has 1 aromatic heterocycles. The van der Waals surface area contributed by atoms with E-state index in [1.807, 2.05) is 18.2 Å². The van der Waals surface area contributed by atoms with E-state index in [4.69, 9.17) is 12.2 Å². The first-order chi connectivity index (χ1) is 6.31. The Bertz CT molecular complexity index is 498. The summed E-state index contributed by atoms with van der Waals surface area (Å²) in [5.41, 5.74) is 2.85. The Morgan fingerprint density at radius 1 is 1.38 bits per heavy atom. The molecule has 0 spiro atoms. The molecule has 2 N–H and O–H groups in total. The van der Waals surface area contributed by atoms with E-state index in [0.29, 0.717) is 11.2 Å². The molecule has 66 valence electrons. The quantitative estimate of drug-likeness (QED) is 0.564. The number of carbonyl (C=O) groups is 1. The Kier molecular flexibility index (Phi) is 1.98. The molecule has 0 amide bonds. The van der Waals surface area contributed by atoms with Gasteiger partial charge in [0, 0.05) is 6.42 Å². The van der Waals surface area contributed by atoms with Gasteiger partial charge in [0.2, 0.25) is 0 Å². The summed E-state index contributed by atoms with van der Waals surface area (Å²) >= 11 is 4.96. The molecule has 0 atom stereocenters. The number of aldehydes is 1. The fourth-order valence-electron chi connectivity index (χ4n) is 1.38. The summed E-state index contributed by atoms with van der Waals surface area (Å²) in [6.45, 7) is 0. The van der Waals surface area contributed by atoms with Crippen molar-refractivity contribution in [2.75, 3.05) is 0 Å². The van der Waals surface area contributed by atoms with E-state index in [1.165, 1.54) is 0 Å². The van der Waals surface area contributed by atoms with Gasteiger partial charge in [-0.15, -0.1) is 0 Å². The Hall–Kier alpha value is -1.42. The van der Waals surface area contributed by atoms with Crippen molar-refractivity contribution < 1.29 is 4.79 Å². The first kappa shape index (κ1) is 8.19. The predicted molar refractivity (Wildman–Crippen MR) is 53.3 cm³/mol. The van der Waals surface area contributed by atoms with Crippen molar-refractivity contribution in [3.63, 3.8) is 0 Å². The van der Waals surface area contributed by atoms with Crippen molar-refractivity contribution in [3.05, 3.63) is 28.5 Å². The minimum Gasteiger partial charge on any atom is -0.331 e. The van der Waals surface area contributed by atoms with Gasteiger partial charge in [-0.05, 0) is 23.8 Å². The molecule has 3 nitrogen and oxygen atoms in total. The zero-order chi connectivity index (χ0) is 9.26. The lowest BCUT2D eigenvalue weighted by atomic mass is 10.1. The highest BCUT2D eigenvalue weighted by atomic mass is 32.1. The van der Waals surface area contributed by atoms with Gasteiger partial charge in [0.15, 0.2) is 4.77 Å². The molecular formula is C9H8N2OS. The van der Waals surface area contributed by atoms with Crippen LogP contribution in [0.3, 0.4) is 0 Å². The number of benzene rings is 1. The Labute approximate surface area is 79.8 Å². The SMILES string of the molecule is O=CCc1cccc2[nH]c(=S)[nH]c12. The molecule has 0 aliphatic carbocycles. The zero-order valence-corrected chi connectivity index (χ0v) is 7.65. The van der Waals surface area contributed by atoms with Crippen LogP contribution in [0, 0.1) is 4.77 Å². The third-order valence-electron chi connectivity index (χ3n) is 1.94. The zero-order valence-electron chi connectivity index (χ0n) is 6.83. The molecule has 1 heterocycles. The fourth-order valence-corrected chi connectivity index (χ4v) is 1.59. The first-order valence-electron chi connectivity index (χ1n) is 3.95. The van der Waals surface area contributed by atoms with Gasteiger partial charge in [0.05, 0.1) is 11.0 Å². The summed E-state index contributed by atoms with van der Waals surface area (Å²) < 4.78 is 0.591. The van der Waals surface area contributed by atoms with Crippen LogP contribution in [0.4, 0.5) is 0 Å². The number of carbonyl (C=O) groups excluding carboxylic acids is 1. The summed E-state index contributed by atoms with van der Waals surface area (Å²) in [5, 5.41) is 0. The smallest absolute Gasteiger partial charge is 0.175 e. The summed E-state index contributed by atoms with van der Waals surface area (Å²) in [5.74, 6) is 0. The minimum absolute atomic E-state index is 0.417. The van der Waals surface area contributed by atoms with E-state index in [2.05, 4.69) is 9.97 Å². The molecule has 0 saturated carbocycles. The summed E-state index contributed by atoms with van der Waals surface area (Å²) in [6, 6.07) is 5.74. The second-order valence-corrected chi connectivity index (χ2v) is 3.20. The lowest BCUT2D eigenvalue weighted by molar-refractivity contribution is -0.107. The molecule has 1 aromatic carbocycles. The van der Waals surface area contributed by atoms with Crippen molar-refractivity contribution >= 4 is 29.5 Å². The molecule has 0 fully saturated rings. The maximum Gasteiger partial charge on any atom is 0.175 e. The summed E-state index contributed by atoms with van der Waals surface area (Å²) in [7, 11) is 0. The Morgan fingerprint density at radius 2 is 2.23 bits per heavy atom. The van der Waals surface area contributed by atoms with Crippen LogP contribution in [0.2, 0.25) is 0 Å². The van der Waals surface area contributed by atoms with Crippen molar-refractivity contribution in [2.24, 2.45) is 0 Å². The Balaban J connectivity index is 2.74. The van der Waals surface area contributed by atoms with Crippen LogP contribution in [0.1, 0.15) is 5.56 Å². The van der Waals surface area contributed by atoms with Gasteiger partial charge in [-0.25, -0.2) is 0 Å². The minimum atomic E-state index is 0.417. The number of imidazole rings is 1. The van der Waals surface area contributed by atoms with E-state index in [-0.39, 0.29) is 0 Å². The molecule has 0 radical (unpaired) electrons. The van der Waals surface area contributed by atoms with Crippen LogP contribution >= 0.6 is 12.2 Å². The van der Waals surface area contributed by atoms with E-state index < -0.39 is 0 Å². The largest absolute Gasteiger partial charge is 0.331 e. The maximum absolute atomic E-state index is 10.4. The van der Waals surface area contributed by atoms with Gasteiger partial charge in [0.1, 0.15) is 6.29 Å². The lowest BCUT2D eigenvalue weighted by Gasteiger charge is -1.95. The lowest BCUT2D eigenvalue weighted by Crippen LogP contribution is -1.86. The van der Waals surface area contributed by atoms with Gasteiger partial charge < -0.3 is 14.8 Å². The second kappa shape index (κ2) is 3.14. The van der Waals surface area contributed by atoms with Gasteiger partial charge in [-0.2, -0.15) is 0 Å². The Morgan fingerprint density at radius 3 is 3.00 bits per heavy atom. The third-order valence-corrected chi connectivity index (χ3v) is 2.14. The number of fused-ring (bicyclic) bond motifs is 1.